The van der Waals surface area contributed by atoms with Gasteiger partial charge in [0.1, 0.15) is 11.3 Å². The molecule has 1 amide bonds. The second-order valence-electron chi connectivity index (χ2n) is 9.24. The number of aromatic carboxylic acids is 1. The summed E-state index contributed by atoms with van der Waals surface area (Å²) in [5, 5.41) is 9.15. The number of carbonyl (C=O) groups is 3. The quantitative estimate of drug-likeness (QED) is 0.584. The number of hydrogen-bond donors (Lipinski definition) is 1. The van der Waals surface area contributed by atoms with Gasteiger partial charge in [-0.2, -0.15) is 0 Å². The van der Waals surface area contributed by atoms with Gasteiger partial charge in [0.05, 0.1) is 12.1 Å². The molecule has 33 heavy (non-hydrogen) atoms. The third-order valence-electron chi connectivity index (χ3n) is 6.27. The fourth-order valence-corrected chi connectivity index (χ4v) is 4.52. The largest absolute Gasteiger partial charge is 0.478 e. The minimum absolute atomic E-state index is 0.0328. The molecule has 4 rings (SSSR count). The molecule has 2 aliphatic rings. The summed E-state index contributed by atoms with van der Waals surface area (Å²) in [5.74, 6) is -1.57. The van der Waals surface area contributed by atoms with Crippen molar-refractivity contribution in [3.8, 4) is 5.75 Å². The van der Waals surface area contributed by atoms with Crippen molar-refractivity contribution in [2.75, 3.05) is 4.90 Å². The molecule has 0 radical (unpaired) electrons. The molecule has 0 atom stereocenters. The van der Waals surface area contributed by atoms with E-state index in [0.717, 1.165) is 12.0 Å². The number of hydrogen-bond acceptors (Lipinski definition) is 5. The molecule has 1 fully saturated rings. The Labute approximate surface area is 193 Å². The summed E-state index contributed by atoms with van der Waals surface area (Å²) in [4.78, 5) is 38.7. The summed E-state index contributed by atoms with van der Waals surface area (Å²) in [6.45, 7) is 3.60. The number of benzene rings is 2. The van der Waals surface area contributed by atoms with Crippen LogP contribution in [0.15, 0.2) is 42.5 Å². The number of ether oxygens (including phenoxy) is 2. The fourth-order valence-electron chi connectivity index (χ4n) is 4.52. The van der Waals surface area contributed by atoms with Crippen molar-refractivity contribution >= 4 is 23.5 Å². The standard InChI is InChI=1S/C26H29NO6/c1-26(2)32-22-13-12-20(15-21(22)25(31)33-26)27(23(28)14-9-17-5-3-4-6-17)16-18-7-10-19(11-8-18)24(29)30/h7-8,10-13,15,17H,3-6,9,14,16H2,1-2H3,(H,29,30). The van der Waals surface area contributed by atoms with Crippen LogP contribution in [0.2, 0.25) is 0 Å². The number of carbonyl (C=O) groups excluding carboxylic acids is 2. The van der Waals surface area contributed by atoms with Gasteiger partial charge < -0.3 is 19.5 Å². The van der Waals surface area contributed by atoms with Crippen molar-refractivity contribution in [1.29, 1.82) is 0 Å². The molecule has 0 unspecified atom stereocenters. The van der Waals surface area contributed by atoms with Gasteiger partial charge in [0.15, 0.2) is 0 Å². The molecule has 0 aromatic heterocycles. The number of cyclic esters (lactones) is 1. The van der Waals surface area contributed by atoms with Crippen molar-refractivity contribution < 1.29 is 29.0 Å². The first-order valence-corrected chi connectivity index (χ1v) is 11.4. The highest BCUT2D eigenvalue weighted by Gasteiger charge is 2.34. The second kappa shape index (κ2) is 9.25. The Bertz CT molecular complexity index is 1050. The van der Waals surface area contributed by atoms with Crippen molar-refractivity contribution in [3.05, 3.63) is 59.2 Å². The van der Waals surface area contributed by atoms with Crippen LogP contribution >= 0.6 is 0 Å². The topological polar surface area (TPSA) is 93.1 Å². The number of nitrogens with zero attached hydrogens (tertiary/aromatic N) is 1. The van der Waals surface area contributed by atoms with Gasteiger partial charge >= 0.3 is 11.9 Å². The zero-order chi connectivity index (χ0) is 23.6. The van der Waals surface area contributed by atoms with E-state index in [1.807, 2.05) is 0 Å². The summed E-state index contributed by atoms with van der Waals surface area (Å²) >= 11 is 0. The summed E-state index contributed by atoms with van der Waals surface area (Å²) in [6, 6.07) is 11.6. The van der Waals surface area contributed by atoms with Crippen LogP contribution in [0, 0.1) is 5.92 Å². The van der Waals surface area contributed by atoms with Crippen LogP contribution in [-0.2, 0) is 16.1 Å². The zero-order valence-electron chi connectivity index (χ0n) is 19.0. The molecule has 1 aliphatic carbocycles. The summed E-state index contributed by atoms with van der Waals surface area (Å²) < 4.78 is 11.1. The molecule has 7 nitrogen and oxygen atoms in total. The highest BCUT2D eigenvalue weighted by atomic mass is 16.7. The number of esters is 1. The molecule has 174 valence electrons. The molecule has 1 N–H and O–H groups in total. The van der Waals surface area contributed by atoms with E-state index in [9.17, 15) is 14.4 Å². The summed E-state index contributed by atoms with van der Waals surface area (Å²) in [7, 11) is 0. The predicted molar refractivity (Wildman–Crippen MR) is 122 cm³/mol. The Morgan fingerprint density at radius 1 is 1.06 bits per heavy atom. The van der Waals surface area contributed by atoms with Crippen LogP contribution in [0.5, 0.6) is 5.75 Å². The Hall–Kier alpha value is -3.35. The van der Waals surface area contributed by atoms with Crippen molar-refractivity contribution in [1.82, 2.24) is 0 Å². The highest BCUT2D eigenvalue weighted by Crippen LogP contribution is 2.35. The number of fused-ring (bicyclic) bond motifs is 1. The minimum Gasteiger partial charge on any atom is -0.478 e. The van der Waals surface area contributed by atoms with E-state index in [4.69, 9.17) is 14.6 Å². The molecule has 1 aliphatic heterocycles. The van der Waals surface area contributed by atoms with E-state index in [0.29, 0.717) is 23.8 Å². The molecule has 0 bridgehead atoms. The van der Waals surface area contributed by atoms with Gasteiger partial charge in [-0.3, -0.25) is 4.79 Å². The lowest BCUT2D eigenvalue weighted by atomic mass is 10.0. The predicted octanol–water partition coefficient (Wildman–Crippen LogP) is 5.17. The zero-order valence-corrected chi connectivity index (χ0v) is 19.0. The third-order valence-corrected chi connectivity index (χ3v) is 6.27. The molecule has 1 heterocycles. The van der Waals surface area contributed by atoms with Crippen LogP contribution < -0.4 is 9.64 Å². The van der Waals surface area contributed by atoms with E-state index >= 15 is 0 Å². The summed E-state index contributed by atoms with van der Waals surface area (Å²) in [6.07, 6.45) is 6.05. The molecule has 2 aromatic carbocycles. The summed E-state index contributed by atoms with van der Waals surface area (Å²) in [5.41, 5.74) is 1.84. The van der Waals surface area contributed by atoms with Gasteiger partial charge in [0.2, 0.25) is 11.7 Å². The second-order valence-corrected chi connectivity index (χ2v) is 9.24. The first-order chi connectivity index (χ1) is 15.7. The maximum atomic E-state index is 13.3. The maximum absolute atomic E-state index is 13.3. The average Bonchev–Trinajstić information content (AvgIpc) is 3.29. The SMILES string of the molecule is CC1(C)OC(=O)c2cc(N(Cc3ccc(C(=O)O)cc3)C(=O)CCC3CCCC3)ccc2O1. The Kier molecular flexibility index (Phi) is 6.40. The normalized spacial score (nSPS) is 17.1. The fraction of sp³-hybridized carbons (Fsp3) is 0.423. The Morgan fingerprint density at radius 3 is 2.42 bits per heavy atom. The molecule has 0 spiro atoms. The van der Waals surface area contributed by atoms with Crippen LogP contribution in [0.1, 0.15) is 78.7 Å². The molecule has 7 heteroatoms. The van der Waals surface area contributed by atoms with Crippen molar-refractivity contribution in [3.63, 3.8) is 0 Å². The smallest absolute Gasteiger partial charge is 0.345 e. The van der Waals surface area contributed by atoms with Gasteiger partial charge in [0.25, 0.3) is 0 Å². The van der Waals surface area contributed by atoms with E-state index in [-0.39, 0.29) is 23.6 Å². The average molecular weight is 452 g/mol. The third kappa shape index (κ3) is 5.35. The van der Waals surface area contributed by atoms with Gasteiger partial charge in [0, 0.05) is 26.0 Å². The Balaban J connectivity index is 1.60. The van der Waals surface area contributed by atoms with Gasteiger partial charge in [-0.15, -0.1) is 0 Å². The van der Waals surface area contributed by atoms with Crippen LogP contribution in [0.4, 0.5) is 5.69 Å². The van der Waals surface area contributed by atoms with Gasteiger partial charge in [-0.05, 0) is 48.2 Å². The molecule has 2 aromatic rings. The lowest BCUT2D eigenvalue weighted by Gasteiger charge is -2.32. The monoisotopic (exact) mass is 451 g/mol. The number of rotatable bonds is 7. The van der Waals surface area contributed by atoms with Crippen LogP contribution in [0.25, 0.3) is 0 Å². The van der Waals surface area contributed by atoms with Crippen molar-refractivity contribution in [2.24, 2.45) is 5.92 Å². The van der Waals surface area contributed by atoms with Crippen LogP contribution in [-0.4, -0.2) is 28.7 Å². The van der Waals surface area contributed by atoms with E-state index in [1.54, 1.807) is 49.1 Å². The lowest BCUT2D eigenvalue weighted by Crippen LogP contribution is -2.39. The molecular weight excluding hydrogens is 422 g/mol. The van der Waals surface area contributed by atoms with Crippen molar-refractivity contribution in [2.45, 2.75) is 64.7 Å². The van der Waals surface area contributed by atoms with Gasteiger partial charge in [-0.25, -0.2) is 9.59 Å². The molecule has 0 saturated heterocycles. The van der Waals surface area contributed by atoms with E-state index < -0.39 is 17.7 Å². The molecule has 1 saturated carbocycles. The lowest BCUT2D eigenvalue weighted by molar-refractivity contribution is -0.127. The Morgan fingerprint density at radius 2 is 1.76 bits per heavy atom. The maximum Gasteiger partial charge on any atom is 0.345 e. The van der Waals surface area contributed by atoms with E-state index in [2.05, 4.69) is 0 Å². The first-order valence-electron chi connectivity index (χ1n) is 11.4. The first kappa shape index (κ1) is 22.8. The van der Waals surface area contributed by atoms with E-state index in [1.165, 1.54) is 37.8 Å². The minimum atomic E-state index is -1.05. The number of anilines is 1. The van der Waals surface area contributed by atoms with Gasteiger partial charge in [-0.1, -0.05) is 37.8 Å². The van der Waals surface area contributed by atoms with Crippen LogP contribution in [0.3, 0.4) is 0 Å². The molecular formula is C26H29NO6. The number of amides is 1. The number of carboxylic acid groups (broad SMARTS) is 1. The highest BCUT2D eigenvalue weighted by molar-refractivity contribution is 5.98. The number of carboxylic acids is 1.